The van der Waals surface area contributed by atoms with Gasteiger partial charge >= 0.3 is 0 Å². The second kappa shape index (κ2) is 4.07. The molecule has 4 nitrogen and oxygen atoms in total. The standard InChI is InChI=1S/C12H10N2O2/c1-4-9-5-6-10(11(7-9)15-3)12-14-13-8(2)16-12/h1,5-7H,2-3H3. The van der Waals surface area contributed by atoms with E-state index in [4.69, 9.17) is 15.6 Å². The second-order valence-corrected chi connectivity index (χ2v) is 3.19. The molecular formula is C12H10N2O2. The summed E-state index contributed by atoms with van der Waals surface area (Å²) in [6.45, 7) is 1.73. The fraction of sp³-hybridized carbons (Fsp3) is 0.167. The van der Waals surface area contributed by atoms with E-state index in [1.54, 1.807) is 32.2 Å². The van der Waals surface area contributed by atoms with Crippen molar-refractivity contribution in [1.82, 2.24) is 10.2 Å². The van der Waals surface area contributed by atoms with Gasteiger partial charge in [0.15, 0.2) is 0 Å². The van der Waals surface area contributed by atoms with Gasteiger partial charge in [0.25, 0.3) is 5.89 Å². The summed E-state index contributed by atoms with van der Waals surface area (Å²) in [5, 5.41) is 7.70. The van der Waals surface area contributed by atoms with Crippen LogP contribution in [0.2, 0.25) is 0 Å². The summed E-state index contributed by atoms with van der Waals surface area (Å²) in [5.74, 6) is 4.10. The zero-order chi connectivity index (χ0) is 11.5. The number of methoxy groups -OCH3 is 1. The van der Waals surface area contributed by atoms with Gasteiger partial charge in [0.1, 0.15) is 5.75 Å². The van der Waals surface area contributed by atoms with Crippen molar-refractivity contribution in [1.29, 1.82) is 0 Å². The van der Waals surface area contributed by atoms with E-state index in [0.717, 1.165) is 11.1 Å². The Hall–Kier alpha value is -2.28. The number of ether oxygens (including phenoxy) is 1. The van der Waals surface area contributed by atoms with Gasteiger partial charge in [-0.3, -0.25) is 0 Å². The Balaban J connectivity index is 2.53. The molecule has 2 rings (SSSR count). The molecule has 0 fully saturated rings. The zero-order valence-corrected chi connectivity index (χ0v) is 9.02. The van der Waals surface area contributed by atoms with Gasteiger partial charge in [-0.2, -0.15) is 0 Å². The van der Waals surface area contributed by atoms with Crippen LogP contribution in [0.1, 0.15) is 11.5 Å². The molecule has 0 saturated carbocycles. The van der Waals surface area contributed by atoms with E-state index in [2.05, 4.69) is 16.1 Å². The number of hydrogen-bond acceptors (Lipinski definition) is 4. The molecule has 0 amide bonds. The first-order valence-electron chi connectivity index (χ1n) is 4.69. The molecule has 0 aliphatic carbocycles. The Bertz CT molecular complexity index is 552. The van der Waals surface area contributed by atoms with Crippen LogP contribution in [0.15, 0.2) is 22.6 Å². The van der Waals surface area contributed by atoms with Crippen LogP contribution in [0.4, 0.5) is 0 Å². The molecule has 80 valence electrons. The van der Waals surface area contributed by atoms with Crippen molar-refractivity contribution in [2.75, 3.05) is 7.11 Å². The van der Waals surface area contributed by atoms with Crippen molar-refractivity contribution in [3.63, 3.8) is 0 Å². The molecule has 16 heavy (non-hydrogen) atoms. The first-order valence-corrected chi connectivity index (χ1v) is 4.69. The molecular weight excluding hydrogens is 204 g/mol. The van der Waals surface area contributed by atoms with E-state index in [0.29, 0.717) is 17.5 Å². The number of nitrogens with zero attached hydrogens (tertiary/aromatic N) is 2. The van der Waals surface area contributed by atoms with Crippen LogP contribution in [0.25, 0.3) is 11.5 Å². The molecule has 2 aromatic rings. The van der Waals surface area contributed by atoms with Crippen molar-refractivity contribution in [2.45, 2.75) is 6.92 Å². The van der Waals surface area contributed by atoms with E-state index in [-0.39, 0.29) is 0 Å². The first-order chi connectivity index (χ1) is 7.74. The van der Waals surface area contributed by atoms with Crippen molar-refractivity contribution >= 4 is 0 Å². The molecule has 1 aromatic heterocycles. The van der Waals surface area contributed by atoms with E-state index >= 15 is 0 Å². The summed E-state index contributed by atoms with van der Waals surface area (Å²) in [6, 6.07) is 5.37. The van der Waals surface area contributed by atoms with E-state index in [1.807, 2.05) is 0 Å². The van der Waals surface area contributed by atoms with Gasteiger partial charge in [0.2, 0.25) is 5.89 Å². The Morgan fingerprint density at radius 2 is 2.19 bits per heavy atom. The smallest absolute Gasteiger partial charge is 0.251 e. The minimum absolute atomic E-state index is 0.429. The molecule has 0 N–H and O–H groups in total. The zero-order valence-electron chi connectivity index (χ0n) is 9.02. The molecule has 0 aliphatic rings. The molecule has 1 heterocycles. The lowest BCUT2D eigenvalue weighted by Crippen LogP contribution is -1.89. The fourth-order valence-corrected chi connectivity index (χ4v) is 1.36. The largest absolute Gasteiger partial charge is 0.496 e. The van der Waals surface area contributed by atoms with E-state index < -0.39 is 0 Å². The van der Waals surface area contributed by atoms with Crippen LogP contribution < -0.4 is 4.74 Å². The lowest BCUT2D eigenvalue weighted by atomic mass is 10.1. The van der Waals surface area contributed by atoms with Crippen LogP contribution in [0.5, 0.6) is 5.75 Å². The number of terminal acetylenes is 1. The number of aryl methyl sites for hydroxylation is 1. The van der Waals surface area contributed by atoms with Crippen LogP contribution in [-0.2, 0) is 0 Å². The third kappa shape index (κ3) is 1.75. The highest BCUT2D eigenvalue weighted by Crippen LogP contribution is 2.29. The first kappa shape index (κ1) is 10.2. The quantitative estimate of drug-likeness (QED) is 0.718. The van der Waals surface area contributed by atoms with Gasteiger partial charge in [-0.15, -0.1) is 16.6 Å². The van der Waals surface area contributed by atoms with Gasteiger partial charge in [-0.25, -0.2) is 0 Å². The highest BCUT2D eigenvalue weighted by atomic mass is 16.5. The van der Waals surface area contributed by atoms with Gasteiger partial charge in [0.05, 0.1) is 12.7 Å². The minimum atomic E-state index is 0.429. The molecule has 0 bridgehead atoms. The summed E-state index contributed by atoms with van der Waals surface area (Å²) >= 11 is 0. The second-order valence-electron chi connectivity index (χ2n) is 3.19. The molecule has 0 aliphatic heterocycles. The van der Waals surface area contributed by atoms with Crippen molar-refractivity contribution in [3.05, 3.63) is 29.7 Å². The summed E-state index contributed by atoms with van der Waals surface area (Å²) in [5.41, 5.74) is 1.49. The number of hydrogen-bond donors (Lipinski definition) is 0. The molecule has 0 unspecified atom stereocenters. The van der Waals surface area contributed by atoms with Gasteiger partial charge < -0.3 is 9.15 Å². The van der Waals surface area contributed by atoms with E-state index in [9.17, 15) is 0 Å². The average Bonchev–Trinajstić information content (AvgIpc) is 2.74. The predicted molar refractivity (Wildman–Crippen MR) is 59.0 cm³/mol. The van der Waals surface area contributed by atoms with Gasteiger partial charge in [0, 0.05) is 12.5 Å². The maximum atomic E-state index is 5.33. The predicted octanol–water partition coefficient (Wildman–Crippen LogP) is 2.03. The summed E-state index contributed by atoms with van der Waals surface area (Å²) < 4.78 is 10.6. The highest BCUT2D eigenvalue weighted by molar-refractivity contribution is 5.64. The summed E-state index contributed by atoms with van der Waals surface area (Å²) in [7, 11) is 1.57. The number of aromatic nitrogens is 2. The molecule has 1 aromatic carbocycles. The highest BCUT2D eigenvalue weighted by Gasteiger charge is 2.12. The Kier molecular flexibility index (Phi) is 2.61. The monoisotopic (exact) mass is 214 g/mol. The summed E-state index contributed by atoms with van der Waals surface area (Å²) in [4.78, 5) is 0. The third-order valence-corrected chi connectivity index (χ3v) is 2.12. The Morgan fingerprint density at radius 3 is 2.75 bits per heavy atom. The topological polar surface area (TPSA) is 48.2 Å². The van der Waals surface area contributed by atoms with Gasteiger partial charge in [-0.1, -0.05) is 5.92 Å². The SMILES string of the molecule is C#Cc1ccc(-c2nnc(C)o2)c(OC)c1. The minimum Gasteiger partial charge on any atom is -0.496 e. The molecule has 0 radical (unpaired) electrons. The van der Waals surface area contributed by atoms with Crippen LogP contribution in [0.3, 0.4) is 0 Å². The lowest BCUT2D eigenvalue weighted by molar-refractivity contribution is 0.413. The molecule has 4 heteroatoms. The van der Waals surface area contributed by atoms with Crippen molar-refractivity contribution < 1.29 is 9.15 Å². The average molecular weight is 214 g/mol. The molecule has 0 spiro atoms. The van der Waals surface area contributed by atoms with Gasteiger partial charge in [-0.05, 0) is 18.2 Å². The Labute approximate surface area is 93.3 Å². The Morgan fingerprint density at radius 1 is 1.38 bits per heavy atom. The van der Waals surface area contributed by atoms with Crippen molar-refractivity contribution in [3.8, 4) is 29.5 Å². The maximum absolute atomic E-state index is 5.33. The number of rotatable bonds is 2. The summed E-state index contributed by atoms with van der Waals surface area (Å²) in [6.07, 6.45) is 5.31. The normalized spacial score (nSPS) is 9.81. The molecule has 0 saturated heterocycles. The molecule has 0 atom stereocenters. The fourth-order valence-electron chi connectivity index (χ4n) is 1.36. The lowest BCUT2D eigenvalue weighted by Gasteiger charge is -2.05. The third-order valence-electron chi connectivity index (χ3n) is 2.12. The van der Waals surface area contributed by atoms with Crippen LogP contribution in [0, 0.1) is 19.3 Å². The number of benzene rings is 1. The van der Waals surface area contributed by atoms with Crippen LogP contribution in [-0.4, -0.2) is 17.3 Å². The maximum Gasteiger partial charge on any atom is 0.251 e. The van der Waals surface area contributed by atoms with E-state index in [1.165, 1.54) is 0 Å². The van der Waals surface area contributed by atoms with Crippen molar-refractivity contribution in [2.24, 2.45) is 0 Å². The van der Waals surface area contributed by atoms with Crippen LogP contribution >= 0.6 is 0 Å².